The van der Waals surface area contributed by atoms with Gasteiger partial charge in [-0.2, -0.15) is 0 Å². The van der Waals surface area contributed by atoms with Crippen LogP contribution in [0.1, 0.15) is 35.1 Å². The second kappa shape index (κ2) is 10.6. The molecule has 10 rings (SSSR count). The number of piperazine rings is 2. The summed E-state index contributed by atoms with van der Waals surface area (Å²) in [6, 6.07) is 28.5. The third-order valence-corrected chi connectivity index (χ3v) is 12.3. The van der Waals surface area contributed by atoms with Crippen LogP contribution in [0.2, 0.25) is 0 Å². The van der Waals surface area contributed by atoms with E-state index in [4.69, 9.17) is 0 Å². The molecule has 8 unspecified atom stereocenters. The van der Waals surface area contributed by atoms with Crippen molar-refractivity contribution < 1.29 is 23.6 Å². The number of amides is 4. The topological polar surface area (TPSA) is 123 Å². The van der Waals surface area contributed by atoms with E-state index in [-0.39, 0.29) is 36.5 Å². The van der Waals surface area contributed by atoms with Crippen LogP contribution in [0.5, 0.6) is 0 Å². The third-order valence-electron chi connectivity index (χ3n) is 12.3. The Morgan fingerprint density at radius 1 is 0.569 bits per heavy atom. The zero-order chi connectivity index (χ0) is 34.6. The second-order valence-corrected chi connectivity index (χ2v) is 14.7. The van der Waals surface area contributed by atoms with E-state index in [2.05, 4.69) is 33.4 Å². The Balaban J connectivity index is 1.12. The molecule has 51 heavy (non-hydrogen) atoms. The minimum atomic E-state index is -0.925. The van der Waals surface area contributed by atoms with Crippen LogP contribution in [-0.2, 0) is 42.8 Å². The molecule has 0 radical (unpaired) electrons. The van der Waals surface area contributed by atoms with E-state index in [9.17, 15) is 23.6 Å². The number of halogens is 1. The molecule has 0 bridgehead atoms. The molecule has 8 atom stereocenters. The molecule has 256 valence electrons. The highest BCUT2D eigenvalue weighted by atomic mass is 19.1. The fourth-order valence-corrected chi connectivity index (χ4v) is 10.4. The summed E-state index contributed by atoms with van der Waals surface area (Å²) in [5.74, 6) is -1.31. The molecule has 4 amide bonds. The van der Waals surface area contributed by atoms with Crippen LogP contribution in [0.4, 0.5) is 15.8 Å². The number of benzene rings is 4. The second-order valence-electron chi connectivity index (χ2n) is 14.7. The Bertz CT molecular complexity index is 2160. The SMILES string of the molecule is O=C1NC(Cc2ccccc2)C(=O)N2C1CC1(C34CC5C(=O)NC(Cc6cccc(F)c6)C(=O)N5C3Nc3ccccc34)c3ccccc3NC21. The fraction of sp³-hybridized carbons (Fsp3) is 0.300. The van der Waals surface area contributed by atoms with Crippen molar-refractivity contribution >= 4 is 35.0 Å². The van der Waals surface area contributed by atoms with E-state index in [1.54, 1.807) is 21.9 Å². The van der Waals surface area contributed by atoms with Crippen molar-refractivity contribution in [1.82, 2.24) is 20.4 Å². The number of hydrogen-bond donors (Lipinski definition) is 4. The van der Waals surface area contributed by atoms with Crippen LogP contribution < -0.4 is 21.3 Å². The van der Waals surface area contributed by atoms with Gasteiger partial charge in [0.15, 0.2) is 0 Å². The minimum absolute atomic E-state index is 0.143. The summed E-state index contributed by atoms with van der Waals surface area (Å²) in [4.78, 5) is 61.0. The van der Waals surface area contributed by atoms with Gasteiger partial charge in [0.25, 0.3) is 0 Å². The molecule has 0 aliphatic carbocycles. The molecule has 4 aromatic rings. The molecule has 4 fully saturated rings. The quantitative estimate of drug-likeness (QED) is 0.257. The first-order valence-electron chi connectivity index (χ1n) is 17.6. The van der Waals surface area contributed by atoms with E-state index < -0.39 is 53.1 Å². The van der Waals surface area contributed by atoms with Crippen LogP contribution in [0, 0.1) is 5.82 Å². The highest BCUT2D eigenvalue weighted by Crippen LogP contribution is 2.68. The summed E-state index contributed by atoms with van der Waals surface area (Å²) >= 11 is 0. The van der Waals surface area contributed by atoms with Crippen molar-refractivity contribution in [2.24, 2.45) is 0 Å². The minimum Gasteiger partial charge on any atom is -0.364 e. The molecular formula is C40H35FN6O4. The van der Waals surface area contributed by atoms with Gasteiger partial charge in [0.1, 0.15) is 42.3 Å². The van der Waals surface area contributed by atoms with Gasteiger partial charge in [-0.05, 0) is 59.4 Å². The average Bonchev–Trinajstić information content (AvgIpc) is 3.84. The Labute approximate surface area is 293 Å². The van der Waals surface area contributed by atoms with Crippen LogP contribution in [0.25, 0.3) is 0 Å². The predicted octanol–water partition coefficient (Wildman–Crippen LogP) is 3.19. The zero-order valence-corrected chi connectivity index (χ0v) is 27.5. The molecule has 6 aliphatic heterocycles. The molecule has 10 nitrogen and oxygen atoms in total. The molecular weight excluding hydrogens is 647 g/mol. The molecule has 0 spiro atoms. The molecule has 4 N–H and O–H groups in total. The number of anilines is 2. The van der Waals surface area contributed by atoms with Crippen molar-refractivity contribution in [3.63, 3.8) is 0 Å². The van der Waals surface area contributed by atoms with E-state index in [1.807, 2.05) is 66.7 Å². The molecule has 6 aliphatic rings. The number of hydrogen-bond acceptors (Lipinski definition) is 6. The smallest absolute Gasteiger partial charge is 0.247 e. The van der Waals surface area contributed by atoms with E-state index in [1.165, 1.54) is 12.1 Å². The first kappa shape index (κ1) is 30.1. The van der Waals surface area contributed by atoms with Crippen LogP contribution in [0.3, 0.4) is 0 Å². The van der Waals surface area contributed by atoms with Crippen molar-refractivity contribution in [2.75, 3.05) is 10.6 Å². The lowest BCUT2D eigenvalue weighted by atomic mass is 9.54. The third kappa shape index (κ3) is 3.97. The standard InChI is InChI=1S/C40H35FN6O4/c41-24-12-8-11-23(17-24)19-30-36(51)47-32(34(49)43-30)21-40(26-14-5-7-16-28(26)45-38(40)47)39-20-31-33(48)42-29(18-22-9-2-1-3-10-22)35(50)46(31)37(39)44-27-15-6-4-13-25(27)39/h1-17,29-32,37-38,44-45H,18-21H2,(H,42,48)(H,43,49). The summed E-state index contributed by atoms with van der Waals surface area (Å²) in [5, 5.41) is 13.4. The lowest BCUT2D eigenvalue weighted by molar-refractivity contribution is -0.149. The number of fused-ring (bicyclic) bond motifs is 11. The summed E-state index contributed by atoms with van der Waals surface area (Å²) in [7, 11) is 0. The Hall–Kier alpha value is -5.71. The van der Waals surface area contributed by atoms with Crippen LogP contribution >= 0.6 is 0 Å². The predicted molar refractivity (Wildman–Crippen MR) is 186 cm³/mol. The lowest BCUT2D eigenvalue weighted by Gasteiger charge is -2.48. The average molecular weight is 683 g/mol. The molecule has 0 saturated carbocycles. The van der Waals surface area contributed by atoms with Gasteiger partial charge in [-0.1, -0.05) is 78.9 Å². The van der Waals surface area contributed by atoms with Crippen molar-refractivity contribution in [1.29, 1.82) is 0 Å². The maximum atomic E-state index is 14.6. The Kier molecular flexibility index (Phi) is 6.29. The van der Waals surface area contributed by atoms with Crippen LogP contribution in [0.15, 0.2) is 103 Å². The maximum absolute atomic E-state index is 14.6. The summed E-state index contributed by atoms with van der Waals surface area (Å²) in [6.07, 6.45) is -0.214. The summed E-state index contributed by atoms with van der Waals surface area (Å²) in [6.45, 7) is 0. The van der Waals surface area contributed by atoms with E-state index in [0.29, 0.717) is 18.4 Å². The molecule has 11 heteroatoms. The van der Waals surface area contributed by atoms with Gasteiger partial charge in [-0.25, -0.2) is 4.39 Å². The summed E-state index contributed by atoms with van der Waals surface area (Å²) in [5.41, 5.74) is 3.33. The lowest BCUT2D eigenvalue weighted by Crippen LogP contribution is -2.67. The van der Waals surface area contributed by atoms with Crippen LogP contribution in [-0.4, -0.2) is 69.9 Å². The zero-order valence-electron chi connectivity index (χ0n) is 27.5. The number of para-hydroxylation sites is 2. The Morgan fingerprint density at radius 2 is 1.04 bits per heavy atom. The number of rotatable bonds is 5. The van der Waals surface area contributed by atoms with Gasteiger partial charge in [-0.3, -0.25) is 19.2 Å². The van der Waals surface area contributed by atoms with Gasteiger partial charge >= 0.3 is 0 Å². The van der Waals surface area contributed by atoms with Crippen molar-refractivity contribution in [3.05, 3.63) is 131 Å². The van der Waals surface area contributed by atoms with Gasteiger partial charge in [0.2, 0.25) is 23.6 Å². The monoisotopic (exact) mass is 682 g/mol. The normalized spacial score (nSPS) is 32.5. The molecule has 4 saturated heterocycles. The van der Waals surface area contributed by atoms with Crippen molar-refractivity contribution in [3.8, 4) is 0 Å². The summed E-state index contributed by atoms with van der Waals surface area (Å²) < 4.78 is 14.2. The number of carbonyl (C=O) groups excluding carboxylic acids is 4. The van der Waals surface area contributed by atoms with Gasteiger partial charge in [0.05, 0.1) is 10.8 Å². The maximum Gasteiger partial charge on any atom is 0.247 e. The van der Waals surface area contributed by atoms with E-state index >= 15 is 0 Å². The highest BCUT2D eigenvalue weighted by Gasteiger charge is 2.78. The van der Waals surface area contributed by atoms with Crippen molar-refractivity contribution in [2.45, 2.75) is 73.0 Å². The van der Waals surface area contributed by atoms with Gasteiger partial charge < -0.3 is 31.1 Å². The largest absolute Gasteiger partial charge is 0.364 e. The Morgan fingerprint density at radius 3 is 1.57 bits per heavy atom. The molecule has 0 aromatic heterocycles. The van der Waals surface area contributed by atoms with Gasteiger partial charge in [-0.15, -0.1) is 0 Å². The molecule has 4 aromatic carbocycles. The highest BCUT2D eigenvalue weighted by molar-refractivity contribution is 6.01. The first-order valence-corrected chi connectivity index (χ1v) is 17.6. The number of nitrogens with zero attached hydrogens (tertiary/aromatic N) is 2. The van der Waals surface area contributed by atoms with Gasteiger partial charge in [0, 0.05) is 24.2 Å². The first-order chi connectivity index (χ1) is 24.8. The van der Waals surface area contributed by atoms with E-state index in [0.717, 1.165) is 28.1 Å². The number of nitrogens with one attached hydrogen (secondary N) is 4. The fourth-order valence-electron chi connectivity index (χ4n) is 10.4. The number of carbonyl (C=O) groups is 4. The molecule has 6 heterocycles.